The molecule has 1 N–H and O–H groups in total. The van der Waals surface area contributed by atoms with Crippen molar-refractivity contribution in [1.29, 1.82) is 0 Å². The number of halogens is 2. The zero-order chi connectivity index (χ0) is 19.4. The summed E-state index contributed by atoms with van der Waals surface area (Å²) >= 11 is 6.89. The lowest BCUT2D eigenvalue weighted by Crippen LogP contribution is -2.08. The van der Waals surface area contributed by atoms with Crippen LogP contribution in [0.1, 0.15) is 5.56 Å². The first-order valence-electron chi connectivity index (χ1n) is 7.62. The molecule has 27 heavy (non-hydrogen) atoms. The minimum absolute atomic E-state index is 0.164. The van der Waals surface area contributed by atoms with E-state index < -0.39 is 15.8 Å². The summed E-state index contributed by atoms with van der Waals surface area (Å²) in [7, 11) is -2.29. The van der Waals surface area contributed by atoms with E-state index in [0.29, 0.717) is 27.6 Å². The molecule has 9 heteroatoms. The molecule has 5 nitrogen and oxygen atoms in total. The first-order chi connectivity index (χ1) is 12.9. The Morgan fingerprint density at radius 2 is 1.96 bits per heavy atom. The standard InChI is InChI=1S/C18H14ClFN2O3S2/c1-25-17-7-6-14(20)10-15(17)16-11-26-18(21-16)22-27(23,24)9-8-12-2-4-13(19)5-3-12/h2-11H,1H3,(H,21,22). The van der Waals surface area contributed by atoms with Crippen molar-refractivity contribution in [2.24, 2.45) is 0 Å². The Morgan fingerprint density at radius 3 is 2.67 bits per heavy atom. The molecule has 3 aromatic rings. The highest BCUT2D eigenvalue weighted by molar-refractivity contribution is 7.95. The maximum absolute atomic E-state index is 13.5. The predicted molar refractivity (Wildman–Crippen MR) is 107 cm³/mol. The highest BCUT2D eigenvalue weighted by Gasteiger charge is 2.14. The average molecular weight is 425 g/mol. The van der Waals surface area contributed by atoms with Crippen molar-refractivity contribution in [1.82, 2.24) is 4.98 Å². The third-order valence-corrected chi connectivity index (χ3v) is 5.59. The molecule has 3 rings (SSSR count). The summed E-state index contributed by atoms with van der Waals surface area (Å²) in [5.74, 6) is 0.00516. The summed E-state index contributed by atoms with van der Waals surface area (Å²) in [5.41, 5.74) is 1.54. The molecule has 140 valence electrons. The fourth-order valence-corrected chi connectivity index (χ4v) is 4.14. The maximum atomic E-state index is 13.5. The minimum Gasteiger partial charge on any atom is -0.496 e. The van der Waals surface area contributed by atoms with Crippen LogP contribution in [0.25, 0.3) is 17.3 Å². The molecule has 0 amide bonds. The Morgan fingerprint density at radius 1 is 1.22 bits per heavy atom. The second-order valence-corrected chi connectivity index (χ2v) is 8.24. The van der Waals surface area contributed by atoms with Gasteiger partial charge in [-0.3, -0.25) is 4.72 Å². The fraction of sp³-hybridized carbons (Fsp3) is 0.0556. The number of methoxy groups -OCH3 is 1. The van der Waals surface area contributed by atoms with Gasteiger partial charge < -0.3 is 4.74 Å². The van der Waals surface area contributed by atoms with Gasteiger partial charge in [0.15, 0.2) is 5.13 Å². The van der Waals surface area contributed by atoms with Gasteiger partial charge in [0.25, 0.3) is 10.0 Å². The van der Waals surface area contributed by atoms with Gasteiger partial charge >= 0.3 is 0 Å². The van der Waals surface area contributed by atoms with Crippen LogP contribution < -0.4 is 9.46 Å². The van der Waals surface area contributed by atoms with Crippen LogP contribution in [0.15, 0.2) is 53.3 Å². The lowest BCUT2D eigenvalue weighted by atomic mass is 10.1. The van der Waals surface area contributed by atoms with Crippen molar-refractivity contribution in [3.8, 4) is 17.0 Å². The number of hydrogen-bond acceptors (Lipinski definition) is 5. The molecule has 0 aliphatic rings. The van der Waals surface area contributed by atoms with Crippen LogP contribution in [0.3, 0.4) is 0 Å². The molecule has 0 bridgehead atoms. The molecule has 1 aromatic heterocycles. The summed E-state index contributed by atoms with van der Waals surface area (Å²) in [4.78, 5) is 4.21. The van der Waals surface area contributed by atoms with Crippen LogP contribution in [-0.2, 0) is 10.0 Å². The van der Waals surface area contributed by atoms with Crippen LogP contribution >= 0.6 is 22.9 Å². The molecular formula is C18H14ClFN2O3S2. The summed E-state index contributed by atoms with van der Waals surface area (Å²) in [6.07, 6.45) is 1.45. The topological polar surface area (TPSA) is 68.3 Å². The molecule has 1 heterocycles. The van der Waals surface area contributed by atoms with E-state index in [4.69, 9.17) is 16.3 Å². The monoisotopic (exact) mass is 424 g/mol. The summed E-state index contributed by atoms with van der Waals surface area (Å²) in [5, 5.41) is 3.39. The van der Waals surface area contributed by atoms with E-state index in [2.05, 4.69) is 9.71 Å². The van der Waals surface area contributed by atoms with Gasteiger partial charge in [-0.15, -0.1) is 11.3 Å². The van der Waals surface area contributed by atoms with Crippen molar-refractivity contribution < 1.29 is 17.5 Å². The van der Waals surface area contributed by atoms with Gasteiger partial charge in [0.2, 0.25) is 0 Å². The second-order valence-electron chi connectivity index (χ2n) is 5.38. The van der Waals surface area contributed by atoms with Gasteiger partial charge in [-0.05, 0) is 42.0 Å². The number of nitrogens with one attached hydrogen (secondary N) is 1. The number of hydrogen-bond donors (Lipinski definition) is 1. The quantitative estimate of drug-likeness (QED) is 0.603. The SMILES string of the molecule is COc1ccc(F)cc1-c1csc(NS(=O)(=O)C=Cc2ccc(Cl)cc2)n1. The Labute approximate surface area is 165 Å². The zero-order valence-electron chi connectivity index (χ0n) is 14.0. The Kier molecular flexibility index (Phi) is 5.79. The molecule has 0 radical (unpaired) electrons. The van der Waals surface area contributed by atoms with E-state index in [-0.39, 0.29) is 5.13 Å². The molecule has 0 aliphatic carbocycles. The third kappa shape index (κ3) is 5.06. The van der Waals surface area contributed by atoms with E-state index in [1.165, 1.54) is 31.4 Å². The Bertz CT molecular complexity index is 1080. The molecular weight excluding hydrogens is 411 g/mol. The van der Waals surface area contributed by atoms with Crippen molar-refractivity contribution >= 4 is 44.2 Å². The number of nitrogens with zero attached hydrogens (tertiary/aromatic N) is 1. The highest BCUT2D eigenvalue weighted by Crippen LogP contribution is 2.33. The van der Waals surface area contributed by atoms with Crippen LogP contribution in [0.2, 0.25) is 5.02 Å². The molecule has 2 aromatic carbocycles. The smallest absolute Gasteiger partial charge is 0.256 e. The first-order valence-corrected chi connectivity index (χ1v) is 10.4. The normalized spacial score (nSPS) is 11.7. The van der Waals surface area contributed by atoms with Gasteiger partial charge in [-0.2, -0.15) is 0 Å². The zero-order valence-corrected chi connectivity index (χ0v) is 16.4. The van der Waals surface area contributed by atoms with Gasteiger partial charge in [0.1, 0.15) is 11.6 Å². The summed E-state index contributed by atoms with van der Waals surface area (Å²) in [6.45, 7) is 0. The lowest BCUT2D eigenvalue weighted by molar-refractivity contribution is 0.415. The Balaban J connectivity index is 1.79. The number of ether oxygens (including phenoxy) is 1. The second kappa shape index (κ2) is 8.08. The highest BCUT2D eigenvalue weighted by atomic mass is 35.5. The van der Waals surface area contributed by atoms with Crippen molar-refractivity contribution in [2.45, 2.75) is 0 Å². The van der Waals surface area contributed by atoms with Crippen LogP contribution in [0.5, 0.6) is 5.75 Å². The third-order valence-electron chi connectivity index (χ3n) is 3.48. The number of thiazole rings is 1. The van der Waals surface area contributed by atoms with Crippen LogP contribution in [-0.4, -0.2) is 20.5 Å². The molecule has 0 saturated carbocycles. The van der Waals surface area contributed by atoms with Gasteiger partial charge in [-0.25, -0.2) is 17.8 Å². The fourth-order valence-electron chi connectivity index (χ4n) is 2.22. The molecule has 0 aliphatic heterocycles. The van der Waals surface area contributed by atoms with E-state index in [9.17, 15) is 12.8 Å². The molecule has 0 unspecified atom stereocenters. The van der Waals surface area contributed by atoms with E-state index in [1.54, 1.807) is 29.6 Å². The number of benzene rings is 2. The summed E-state index contributed by atoms with van der Waals surface area (Å²) in [6, 6.07) is 10.8. The number of anilines is 1. The largest absolute Gasteiger partial charge is 0.496 e. The van der Waals surface area contributed by atoms with Crippen LogP contribution in [0.4, 0.5) is 9.52 Å². The van der Waals surface area contributed by atoms with Crippen LogP contribution in [0, 0.1) is 5.82 Å². The summed E-state index contributed by atoms with van der Waals surface area (Å²) < 4.78 is 45.5. The first kappa shape index (κ1) is 19.3. The predicted octanol–water partition coefficient (Wildman–Crippen LogP) is 5.02. The Hall–Kier alpha value is -2.42. The maximum Gasteiger partial charge on any atom is 0.256 e. The van der Waals surface area contributed by atoms with E-state index >= 15 is 0 Å². The molecule has 0 saturated heterocycles. The number of aromatic nitrogens is 1. The van der Waals surface area contributed by atoms with E-state index in [0.717, 1.165) is 16.7 Å². The number of sulfonamides is 1. The molecule has 0 atom stereocenters. The lowest BCUT2D eigenvalue weighted by Gasteiger charge is -2.06. The number of rotatable bonds is 6. The average Bonchev–Trinajstić information content (AvgIpc) is 3.09. The molecule has 0 fully saturated rings. The van der Waals surface area contributed by atoms with Gasteiger partial charge in [-0.1, -0.05) is 23.7 Å². The van der Waals surface area contributed by atoms with Gasteiger partial charge in [0.05, 0.1) is 18.2 Å². The molecule has 0 spiro atoms. The van der Waals surface area contributed by atoms with Crippen molar-refractivity contribution in [3.63, 3.8) is 0 Å². The van der Waals surface area contributed by atoms with E-state index in [1.807, 2.05) is 0 Å². The van der Waals surface area contributed by atoms with Crippen molar-refractivity contribution in [2.75, 3.05) is 11.8 Å². The van der Waals surface area contributed by atoms with Gasteiger partial charge in [0, 0.05) is 16.0 Å². The van der Waals surface area contributed by atoms with Crippen molar-refractivity contribution in [3.05, 3.63) is 69.7 Å². The minimum atomic E-state index is -3.76.